The normalized spacial score (nSPS) is 16.8. The van der Waals surface area contributed by atoms with Crippen LogP contribution in [-0.2, 0) is 29.2 Å². The lowest BCUT2D eigenvalue weighted by atomic mass is 9.86. The molecule has 25 nitrogen and oxygen atoms in total. The molecule has 0 atom stereocenters. The molecule has 3 fully saturated rings. The number of carbonyl (C=O) groups is 4. The third-order valence-corrected chi connectivity index (χ3v) is 20.1. The molecule has 6 aromatic carbocycles. The van der Waals surface area contributed by atoms with Gasteiger partial charge in [0.2, 0.25) is 0 Å². The lowest BCUT2D eigenvalue weighted by Crippen LogP contribution is -2.31. The number of rotatable bonds is 17. The van der Waals surface area contributed by atoms with E-state index in [1.165, 1.54) is 19.0 Å². The fraction of sp³-hybridized carbons (Fsp3) is 0.304. The largest absolute Gasteiger partial charge is 0.481 e. The molecule has 1 saturated heterocycles. The lowest BCUT2D eigenvalue weighted by Gasteiger charge is -2.28. The summed E-state index contributed by atoms with van der Waals surface area (Å²) < 4.78 is 11.4. The van der Waals surface area contributed by atoms with Crippen molar-refractivity contribution >= 4 is 74.2 Å². The molecule has 15 rings (SSSR count). The minimum atomic E-state index is -0.735. The number of nitrogen functional groups attached to an aromatic ring is 3. The van der Waals surface area contributed by atoms with Crippen molar-refractivity contribution in [1.82, 2.24) is 80.5 Å². The summed E-state index contributed by atoms with van der Waals surface area (Å²) in [5, 5.41) is 38.7. The molecular weight excluding hydrogens is 1310 g/mol. The van der Waals surface area contributed by atoms with Crippen molar-refractivity contribution in [2.24, 2.45) is 5.92 Å². The van der Waals surface area contributed by atoms with E-state index in [1.54, 1.807) is 0 Å². The average Bonchev–Trinajstić information content (AvgIpc) is 1.62. The summed E-state index contributed by atoms with van der Waals surface area (Å²) in [6.45, 7) is 8.51. The van der Waals surface area contributed by atoms with E-state index in [4.69, 9.17) is 37.2 Å². The SMILES string of the molecule is CNC1CCC(n2nc(-c3ccc(CNC(=O)c4ccccc4C)cc3)c3c(N)ncnc32)CC1.Cc1ccccc1C(=O)NCc1ccc(-c2nn(C3CCC(C(=O)O)CC3)c3ncnc(N)c23)cc1.Cc1ccccc1C(=O)NCc1ccc(-c2nn(C3CCOCC3)c3ncnc(N)c23)cc1. The van der Waals surface area contributed by atoms with Gasteiger partial charge in [0.25, 0.3) is 17.7 Å². The van der Waals surface area contributed by atoms with Crippen LogP contribution >= 0.6 is 0 Å². The van der Waals surface area contributed by atoms with Gasteiger partial charge in [0.05, 0.1) is 40.2 Å². The molecule has 1 aliphatic heterocycles. The highest BCUT2D eigenvalue weighted by Crippen LogP contribution is 2.40. The van der Waals surface area contributed by atoms with Gasteiger partial charge in [-0.2, -0.15) is 15.3 Å². The van der Waals surface area contributed by atoms with E-state index in [1.807, 2.05) is 187 Å². The quantitative estimate of drug-likeness (QED) is 0.0420. The van der Waals surface area contributed by atoms with E-state index in [-0.39, 0.29) is 35.7 Å². The molecule has 2 saturated carbocycles. The van der Waals surface area contributed by atoms with Crippen molar-refractivity contribution in [3.05, 3.63) is 215 Å². The highest BCUT2D eigenvalue weighted by molar-refractivity contribution is 6.01. The van der Waals surface area contributed by atoms with Crippen LogP contribution in [0.25, 0.3) is 66.9 Å². The minimum absolute atomic E-state index is 0.0575. The van der Waals surface area contributed by atoms with E-state index in [0.29, 0.717) is 109 Å². The number of aromatic nitrogens is 12. The molecule has 12 aromatic rings. The van der Waals surface area contributed by atoms with Gasteiger partial charge in [0.15, 0.2) is 16.9 Å². The number of anilines is 3. The van der Waals surface area contributed by atoms with Crippen molar-refractivity contribution < 1.29 is 29.0 Å². The van der Waals surface area contributed by atoms with Crippen LogP contribution < -0.4 is 38.5 Å². The highest BCUT2D eigenvalue weighted by atomic mass is 16.5. The summed E-state index contributed by atoms with van der Waals surface area (Å²) in [7, 11) is 2.03. The van der Waals surface area contributed by atoms with Crippen LogP contribution in [0.2, 0.25) is 0 Å². The molecule has 0 radical (unpaired) electrons. The van der Waals surface area contributed by atoms with Crippen molar-refractivity contribution in [1.29, 1.82) is 0 Å². The summed E-state index contributed by atoms with van der Waals surface area (Å²) in [4.78, 5) is 75.1. The first-order valence-corrected chi connectivity index (χ1v) is 35.3. The van der Waals surface area contributed by atoms with Crippen molar-refractivity contribution in [3.8, 4) is 33.8 Å². The number of fused-ring (bicyclic) bond motifs is 3. The Morgan fingerprint density at radius 2 is 0.731 bits per heavy atom. The molecule has 0 bridgehead atoms. The summed E-state index contributed by atoms with van der Waals surface area (Å²) in [6.07, 6.45) is 13.2. The Bertz CT molecular complexity index is 5050. The van der Waals surface area contributed by atoms with Crippen LogP contribution in [0.5, 0.6) is 0 Å². The molecule has 2 aliphatic carbocycles. The molecule has 25 heteroatoms. The zero-order valence-electron chi connectivity index (χ0n) is 58.7. The van der Waals surface area contributed by atoms with Crippen LogP contribution in [0.3, 0.4) is 0 Å². The van der Waals surface area contributed by atoms with E-state index < -0.39 is 5.97 Å². The Hall–Kier alpha value is -11.8. The topological polar surface area (TPSA) is 355 Å². The smallest absolute Gasteiger partial charge is 0.306 e. The van der Waals surface area contributed by atoms with Gasteiger partial charge in [-0.15, -0.1) is 0 Å². The Labute approximate surface area is 601 Å². The van der Waals surface area contributed by atoms with E-state index in [2.05, 4.69) is 51.2 Å². The van der Waals surface area contributed by atoms with Gasteiger partial charge in [-0.25, -0.2) is 43.9 Å². The number of carbonyl (C=O) groups excluding carboxylic acids is 3. The summed E-state index contributed by atoms with van der Waals surface area (Å²) in [5.74, 6) is -0.0856. The number of nitrogens with two attached hydrogens (primary N) is 3. The van der Waals surface area contributed by atoms with Crippen molar-refractivity contribution in [3.63, 3.8) is 0 Å². The zero-order valence-corrected chi connectivity index (χ0v) is 58.7. The molecule has 11 N–H and O–H groups in total. The second-order valence-corrected chi connectivity index (χ2v) is 26.8. The third kappa shape index (κ3) is 15.6. The van der Waals surface area contributed by atoms with Gasteiger partial charge in [0.1, 0.15) is 53.5 Å². The van der Waals surface area contributed by atoms with Crippen LogP contribution in [-0.4, -0.2) is 114 Å². The maximum Gasteiger partial charge on any atom is 0.306 e. The predicted molar refractivity (Wildman–Crippen MR) is 401 cm³/mol. The first-order chi connectivity index (χ1) is 50.6. The molecular formula is C79H85N19O6. The van der Waals surface area contributed by atoms with Crippen LogP contribution in [0.15, 0.2) is 165 Å². The number of nitrogens with one attached hydrogen (secondary N) is 4. The molecule has 3 aliphatic rings. The fourth-order valence-electron chi connectivity index (χ4n) is 14.1. The van der Waals surface area contributed by atoms with Gasteiger partial charge >= 0.3 is 5.97 Å². The molecule has 0 spiro atoms. The fourth-order valence-corrected chi connectivity index (χ4v) is 14.1. The van der Waals surface area contributed by atoms with Crippen molar-refractivity contribution in [2.75, 3.05) is 37.5 Å². The van der Waals surface area contributed by atoms with Crippen LogP contribution in [0, 0.1) is 26.7 Å². The maximum atomic E-state index is 12.5. The van der Waals surface area contributed by atoms with Gasteiger partial charge in [-0.05, 0) is 144 Å². The Balaban J connectivity index is 0.000000139. The van der Waals surface area contributed by atoms with Gasteiger partial charge in [-0.1, -0.05) is 127 Å². The molecule has 104 heavy (non-hydrogen) atoms. The monoisotopic (exact) mass is 1400 g/mol. The average molecular weight is 1400 g/mol. The van der Waals surface area contributed by atoms with E-state index in [9.17, 15) is 24.3 Å². The van der Waals surface area contributed by atoms with E-state index in [0.717, 1.165) is 135 Å². The predicted octanol–water partition coefficient (Wildman–Crippen LogP) is 11.8. The molecule has 6 aromatic heterocycles. The van der Waals surface area contributed by atoms with Gasteiger partial charge < -0.3 is 48.3 Å². The molecule has 3 amide bonds. The maximum absolute atomic E-state index is 12.5. The molecule has 0 unspecified atom stereocenters. The number of nitrogens with zero attached hydrogens (tertiary/aromatic N) is 12. The first-order valence-electron chi connectivity index (χ1n) is 35.3. The zero-order chi connectivity index (χ0) is 72.4. The number of hydrogen-bond acceptors (Lipinski definition) is 18. The van der Waals surface area contributed by atoms with Gasteiger partial charge in [-0.3, -0.25) is 19.2 Å². The number of carboxylic acid groups (broad SMARTS) is 1. The van der Waals surface area contributed by atoms with Crippen molar-refractivity contribution in [2.45, 2.75) is 129 Å². The second kappa shape index (κ2) is 32.0. The highest BCUT2D eigenvalue weighted by Gasteiger charge is 2.31. The van der Waals surface area contributed by atoms with Gasteiger partial charge in [0, 0.05) is 72.3 Å². The minimum Gasteiger partial charge on any atom is -0.481 e. The number of amides is 3. The first kappa shape index (κ1) is 70.6. The second-order valence-electron chi connectivity index (χ2n) is 26.8. The number of carboxylic acids is 1. The lowest BCUT2D eigenvalue weighted by molar-refractivity contribution is -0.143. The Morgan fingerprint density at radius 1 is 0.423 bits per heavy atom. The number of aryl methyl sites for hydroxylation is 3. The Kier molecular flexibility index (Phi) is 21.7. The number of ether oxygens (including phenoxy) is 1. The molecule has 532 valence electrons. The standard InChI is InChI=1S/C27H31N7O.C27H28N6O3.C25H26N6O2/c1-17-5-3-4-6-22(17)27(35)30-15-18-7-9-19(10-8-18)24-23-25(28)31-16-32-26(23)34(33-24)21-13-11-20(29-2)12-14-21;1-16-4-2-3-5-21(16)26(34)29-14-17-6-8-18(9-7-17)23-22-24(28)30-15-31-25(22)33(32-23)20-12-10-19(11-13-20)27(35)36;1-16-4-2-3-5-20(16)25(32)27-14-17-6-8-18(9-7-17)22-21-23(26)28-15-29-24(21)31(30-22)19-10-12-33-13-11-19/h3-10,16,20-21,29H,11-15H2,1-2H3,(H,30,35)(H2,28,31,32);2-9,15,19-20H,10-14H2,1H3,(H,29,34)(H,35,36)(H2,28,30,31);2-9,15,19H,10-14H2,1H3,(H,27,32)(H2,26,28,29). The number of aliphatic carboxylic acids is 1. The van der Waals surface area contributed by atoms with Crippen LogP contribution in [0.4, 0.5) is 17.5 Å². The summed E-state index contributed by atoms with van der Waals surface area (Å²) >= 11 is 0. The molecule has 7 heterocycles. The Morgan fingerprint density at radius 3 is 1.04 bits per heavy atom. The van der Waals surface area contributed by atoms with Crippen LogP contribution in [0.1, 0.15) is 147 Å². The van der Waals surface area contributed by atoms with E-state index >= 15 is 0 Å². The third-order valence-electron chi connectivity index (χ3n) is 20.1. The summed E-state index contributed by atoms with van der Waals surface area (Å²) in [6, 6.07) is 47.6. The number of hydrogen-bond donors (Lipinski definition) is 8. The summed E-state index contributed by atoms with van der Waals surface area (Å²) in [5.41, 5.74) is 33.9. The number of benzene rings is 6.